The van der Waals surface area contributed by atoms with Crippen LogP contribution in [0.3, 0.4) is 0 Å². The summed E-state index contributed by atoms with van der Waals surface area (Å²) in [5, 5.41) is 0. The third-order valence-electron chi connectivity index (χ3n) is 2.02. The lowest BCUT2D eigenvalue weighted by molar-refractivity contribution is 0.550. The van der Waals surface area contributed by atoms with Crippen LogP contribution >= 0.6 is 11.8 Å². The van der Waals surface area contributed by atoms with Crippen molar-refractivity contribution in [2.24, 2.45) is 0 Å². The summed E-state index contributed by atoms with van der Waals surface area (Å²) in [6.07, 6.45) is 1.87. The lowest BCUT2D eigenvalue weighted by atomic mass is 10.3. The Kier molecular flexibility index (Phi) is 4.79. The molecule has 7 heteroatoms. The molecule has 1 unspecified atom stereocenters. The maximum Gasteiger partial charge on any atom is 0.243 e. The first-order valence-corrected chi connectivity index (χ1v) is 7.81. The van der Waals surface area contributed by atoms with Gasteiger partial charge in [0.25, 0.3) is 0 Å². The van der Waals surface area contributed by atoms with E-state index in [1.807, 2.05) is 6.26 Å². The second kappa shape index (κ2) is 5.70. The Bertz CT molecular complexity index is 491. The first kappa shape index (κ1) is 14.3. The fourth-order valence-electron chi connectivity index (χ4n) is 1.34. The van der Waals surface area contributed by atoms with E-state index in [0.29, 0.717) is 5.75 Å². The molecule has 0 aliphatic rings. The number of hydrogen-bond donors (Lipinski definition) is 2. The Balaban J connectivity index is 3.01. The number of halogens is 1. The number of thioether (sulfide) groups is 1. The van der Waals surface area contributed by atoms with E-state index in [1.165, 1.54) is 17.8 Å². The van der Waals surface area contributed by atoms with E-state index in [-0.39, 0.29) is 11.7 Å². The molecule has 0 spiro atoms. The number of anilines is 1. The average Bonchev–Trinajstić information content (AvgIpc) is 2.21. The minimum absolute atomic E-state index is 0.212. The van der Waals surface area contributed by atoms with Gasteiger partial charge in [-0.15, -0.1) is 0 Å². The highest BCUT2D eigenvalue weighted by molar-refractivity contribution is 7.98. The number of rotatable bonds is 5. The smallest absolute Gasteiger partial charge is 0.243 e. The largest absolute Gasteiger partial charge is 0.399 e. The molecule has 0 fully saturated rings. The molecule has 0 aliphatic heterocycles. The number of nitrogen functional groups attached to an aromatic ring is 1. The summed E-state index contributed by atoms with van der Waals surface area (Å²) in [6.45, 7) is 1.72. The lowest BCUT2D eigenvalue weighted by Crippen LogP contribution is -2.34. The van der Waals surface area contributed by atoms with Gasteiger partial charge in [-0.3, -0.25) is 0 Å². The summed E-state index contributed by atoms with van der Waals surface area (Å²) in [5.74, 6) is -0.188. The molecule has 17 heavy (non-hydrogen) atoms. The second-order valence-electron chi connectivity index (χ2n) is 3.67. The molecule has 0 saturated carbocycles. The van der Waals surface area contributed by atoms with Crippen molar-refractivity contribution in [2.75, 3.05) is 17.7 Å². The molecule has 0 aromatic heterocycles. The van der Waals surface area contributed by atoms with Crippen LogP contribution in [0.1, 0.15) is 6.92 Å². The Morgan fingerprint density at radius 1 is 1.53 bits per heavy atom. The number of benzene rings is 1. The van der Waals surface area contributed by atoms with Crippen molar-refractivity contribution < 1.29 is 12.8 Å². The van der Waals surface area contributed by atoms with Crippen LogP contribution < -0.4 is 10.5 Å². The highest BCUT2D eigenvalue weighted by atomic mass is 32.2. The number of nitrogens with one attached hydrogen (secondary N) is 1. The van der Waals surface area contributed by atoms with Gasteiger partial charge < -0.3 is 5.73 Å². The first-order chi connectivity index (χ1) is 7.86. The molecule has 0 aliphatic carbocycles. The fourth-order valence-corrected chi connectivity index (χ4v) is 3.38. The molecule has 1 rings (SSSR count). The van der Waals surface area contributed by atoms with Crippen LogP contribution in [0, 0.1) is 5.82 Å². The monoisotopic (exact) mass is 278 g/mol. The molecule has 4 nitrogen and oxygen atoms in total. The molecular formula is C10H15FN2O2S2. The number of hydrogen-bond acceptors (Lipinski definition) is 4. The van der Waals surface area contributed by atoms with E-state index < -0.39 is 20.7 Å². The molecule has 0 bridgehead atoms. The van der Waals surface area contributed by atoms with Crippen molar-refractivity contribution in [1.82, 2.24) is 4.72 Å². The van der Waals surface area contributed by atoms with Gasteiger partial charge in [-0.25, -0.2) is 17.5 Å². The van der Waals surface area contributed by atoms with Crippen molar-refractivity contribution >= 4 is 27.5 Å². The van der Waals surface area contributed by atoms with Gasteiger partial charge in [0.2, 0.25) is 10.0 Å². The van der Waals surface area contributed by atoms with Crippen LogP contribution in [-0.4, -0.2) is 26.5 Å². The van der Waals surface area contributed by atoms with Crippen molar-refractivity contribution in [2.45, 2.75) is 17.9 Å². The topological polar surface area (TPSA) is 72.2 Å². The zero-order chi connectivity index (χ0) is 13.1. The maximum absolute atomic E-state index is 13.4. The van der Waals surface area contributed by atoms with E-state index in [2.05, 4.69) is 4.72 Å². The Labute approximate surface area is 105 Å². The molecule has 0 amide bonds. The molecular weight excluding hydrogens is 263 g/mol. The van der Waals surface area contributed by atoms with E-state index in [9.17, 15) is 12.8 Å². The number of nitrogens with two attached hydrogens (primary N) is 1. The van der Waals surface area contributed by atoms with Gasteiger partial charge in [-0.2, -0.15) is 11.8 Å². The van der Waals surface area contributed by atoms with Crippen molar-refractivity contribution in [1.29, 1.82) is 0 Å². The average molecular weight is 278 g/mol. The zero-order valence-electron chi connectivity index (χ0n) is 9.60. The fraction of sp³-hybridized carbons (Fsp3) is 0.400. The molecule has 1 aromatic rings. The highest BCUT2D eigenvalue weighted by Crippen LogP contribution is 2.18. The third kappa shape index (κ3) is 3.86. The van der Waals surface area contributed by atoms with Crippen molar-refractivity contribution in [3.8, 4) is 0 Å². The minimum atomic E-state index is -3.85. The van der Waals surface area contributed by atoms with Crippen LogP contribution in [0.2, 0.25) is 0 Å². The zero-order valence-corrected chi connectivity index (χ0v) is 11.2. The van der Waals surface area contributed by atoms with Crippen LogP contribution in [-0.2, 0) is 10.0 Å². The van der Waals surface area contributed by atoms with Crippen LogP contribution in [0.5, 0.6) is 0 Å². The molecule has 0 heterocycles. The summed E-state index contributed by atoms with van der Waals surface area (Å²) >= 11 is 1.51. The summed E-state index contributed by atoms with van der Waals surface area (Å²) in [4.78, 5) is -0.412. The summed E-state index contributed by atoms with van der Waals surface area (Å²) < 4.78 is 39.6. The van der Waals surface area contributed by atoms with Gasteiger partial charge in [0.1, 0.15) is 10.7 Å². The van der Waals surface area contributed by atoms with Crippen LogP contribution in [0.25, 0.3) is 0 Å². The summed E-state index contributed by atoms with van der Waals surface area (Å²) in [5.41, 5.74) is 5.66. The van der Waals surface area contributed by atoms with E-state index in [1.54, 1.807) is 6.92 Å². The van der Waals surface area contributed by atoms with Crippen LogP contribution in [0.15, 0.2) is 23.1 Å². The highest BCUT2D eigenvalue weighted by Gasteiger charge is 2.21. The van der Waals surface area contributed by atoms with Gasteiger partial charge in [0.05, 0.1) is 0 Å². The predicted octanol–water partition coefficient (Wildman–Crippen LogP) is 1.44. The predicted molar refractivity (Wildman–Crippen MR) is 69.0 cm³/mol. The van der Waals surface area contributed by atoms with Crippen molar-refractivity contribution in [3.05, 3.63) is 24.0 Å². The third-order valence-corrected chi connectivity index (χ3v) is 4.46. The molecule has 0 saturated heterocycles. The van der Waals surface area contributed by atoms with Crippen molar-refractivity contribution in [3.63, 3.8) is 0 Å². The molecule has 1 atom stereocenters. The Hall–Kier alpha value is -0.790. The van der Waals surface area contributed by atoms with Gasteiger partial charge in [0, 0.05) is 17.5 Å². The van der Waals surface area contributed by atoms with E-state index >= 15 is 0 Å². The quantitative estimate of drug-likeness (QED) is 0.799. The molecule has 0 radical (unpaired) electrons. The summed E-state index contributed by atoms with van der Waals surface area (Å²) in [7, 11) is -3.85. The molecule has 3 N–H and O–H groups in total. The Morgan fingerprint density at radius 3 is 2.76 bits per heavy atom. The minimum Gasteiger partial charge on any atom is -0.399 e. The Morgan fingerprint density at radius 2 is 2.18 bits per heavy atom. The van der Waals surface area contributed by atoms with Crippen LogP contribution in [0.4, 0.5) is 10.1 Å². The van der Waals surface area contributed by atoms with E-state index in [4.69, 9.17) is 5.73 Å². The lowest BCUT2D eigenvalue weighted by Gasteiger charge is -2.13. The number of sulfonamides is 1. The summed E-state index contributed by atoms with van der Waals surface area (Å²) in [6, 6.07) is 3.21. The second-order valence-corrected chi connectivity index (χ2v) is 6.26. The van der Waals surface area contributed by atoms with E-state index in [0.717, 1.165) is 12.1 Å². The van der Waals surface area contributed by atoms with Gasteiger partial charge in [0.15, 0.2) is 0 Å². The SMILES string of the molecule is CSCC(C)NS(=O)(=O)c1cc(N)ccc1F. The normalized spacial score (nSPS) is 13.6. The maximum atomic E-state index is 13.4. The van der Waals surface area contributed by atoms with Gasteiger partial charge in [-0.1, -0.05) is 0 Å². The standard InChI is InChI=1S/C10H15FN2O2S2/c1-7(6-16-2)13-17(14,15)10-5-8(12)3-4-9(10)11/h3-5,7,13H,6,12H2,1-2H3. The first-order valence-electron chi connectivity index (χ1n) is 4.93. The van der Waals surface area contributed by atoms with Gasteiger partial charge >= 0.3 is 0 Å². The molecule has 96 valence electrons. The molecule has 1 aromatic carbocycles. The van der Waals surface area contributed by atoms with Gasteiger partial charge in [-0.05, 0) is 31.4 Å².